The molecule has 7 nitrogen and oxygen atoms in total. The average molecular weight is 439 g/mol. The highest BCUT2D eigenvalue weighted by atomic mass is 19.3. The molecule has 2 aromatic rings. The fourth-order valence-electron chi connectivity index (χ4n) is 3.05. The van der Waals surface area contributed by atoms with Crippen LogP contribution >= 0.6 is 0 Å². The molecule has 1 atom stereocenters. The molecule has 11 heteroatoms. The van der Waals surface area contributed by atoms with E-state index in [-0.39, 0.29) is 6.67 Å². The number of alkyl halides is 2. The van der Waals surface area contributed by atoms with Crippen LogP contribution < -0.4 is 5.53 Å². The van der Waals surface area contributed by atoms with E-state index in [2.05, 4.69) is 20.9 Å². The van der Waals surface area contributed by atoms with Gasteiger partial charge in [0, 0.05) is 24.4 Å². The van der Waals surface area contributed by atoms with Gasteiger partial charge in [0.1, 0.15) is 24.0 Å². The van der Waals surface area contributed by atoms with E-state index in [9.17, 15) is 13.9 Å². The highest BCUT2D eigenvalue weighted by molar-refractivity contribution is 5.48. The number of hydrazine groups is 1. The maximum atomic E-state index is 15.6. The molecule has 1 aliphatic heterocycles. The molecule has 1 aliphatic rings. The summed E-state index contributed by atoms with van der Waals surface area (Å²) in [5.41, 5.74) is -1.79. The van der Waals surface area contributed by atoms with Crippen LogP contribution in [0.2, 0.25) is 0 Å². The summed E-state index contributed by atoms with van der Waals surface area (Å²) in [6.07, 6.45) is 4.55. The van der Waals surface area contributed by atoms with Gasteiger partial charge in [0.25, 0.3) is 0 Å². The van der Waals surface area contributed by atoms with Crippen molar-refractivity contribution in [2.24, 2.45) is 10.3 Å². The molecule has 2 heterocycles. The smallest absolute Gasteiger partial charge is 0.323 e. The number of pyridine rings is 1. The number of aliphatic hydroxyl groups is 1. The number of halogens is 4. The first-order chi connectivity index (χ1) is 14.8. The van der Waals surface area contributed by atoms with Gasteiger partial charge in [-0.3, -0.25) is 4.98 Å². The van der Waals surface area contributed by atoms with Gasteiger partial charge in [0.15, 0.2) is 5.60 Å². The predicted molar refractivity (Wildman–Crippen MR) is 103 cm³/mol. The number of rotatable bonds is 9. The highest BCUT2D eigenvalue weighted by Gasteiger charge is 2.58. The Morgan fingerprint density at radius 2 is 2.06 bits per heavy atom. The van der Waals surface area contributed by atoms with Crippen LogP contribution in [0.5, 0.6) is 0 Å². The first kappa shape index (κ1) is 22.8. The second kappa shape index (κ2) is 9.50. The third-order valence-corrected chi connectivity index (χ3v) is 4.64. The molecule has 0 spiro atoms. The molecule has 0 radical (unpaired) electrons. The standard InChI is InChI=1S/C20H21F4N5O2/c1-2-31-9-3-4-14-5-8-18(25-11-14)20(23,24)19(30,12-29-13-26-27-28-29)16-7-6-15(21)10-17(16)22/h3-8,10-11,30H,2,9,12-13H2,1H3,(H,26,28). The summed E-state index contributed by atoms with van der Waals surface area (Å²) in [6, 6.07) is 4.44. The molecule has 0 saturated heterocycles. The Bertz CT molecular complexity index is 947. The van der Waals surface area contributed by atoms with Gasteiger partial charge < -0.3 is 9.84 Å². The summed E-state index contributed by atoms with van der Waals surface area (Å²) >= 11 is 0. The maximum absolute atomic E-state index is 15.6. The van der Waals surface area contributed by atoms with E-state index in [1.807, 2.05) is 6.92 Å². The van der Waals surface area contributed by atoms with E-state index < -0.39 is 41.0 Å². The Kier molecular flexibility index (Phi) is 6.98. The Labute approximate surface area is 176 Å². The Morgan fingerprint density at radius 3 is 2.68 bits per heavy atom. The van der Waals surface area contributed by atoms with Gasteiger partial charge in [0.2, 0.25) is 0 Å². The molecule has 1 aromatic heterocycles. The van der Waals surface area contributed by atoms with Crippen molar-refractivity contribution in [1.82, 2.24) is 15.5 Å². The van der Waals surface area contributed by atoms with Crippen LogP contribution in [0, 0.1) is 11.6 Å². The third kappa shape index (κ3) is 4.89. The molecule has 0 aliphatic carbocycles. The number of ether oxygens (including phenoxy) is 1. The SMILES string of the molecule is CCOCC=Cc1ccc(C(F)(F)C(O)(CN2CN=NN2)c2ccc(F)cc2F)nc1. The fourth-order valence-corrected chi connectivity index (χ4v) is 3.05. The van der Waals surface area contributed by atoms with Crippen molar-refractivity contribution in [3.63, 3.8) is 0 Å². The van der Waals surface area contributed by atoms with Crippen molar-refractivity contribution in [3.8, 4) is 0 Å². The van der Waals surface area contributed by atoms with Crippen molar-refractivity contribution < 1.29 is 27.4 Å². The van der Waals surface area contributed by atoms with E-state index in [0.717, 1.165) is 23.2 Å². The number of hydrogen-bond acceptors (Lipinski definition) is 7. The Hall–Kier alpha value is -2.89. The van der Waals surface area contributed by atoms with E-state index in [0.29, 0.717) is 24.8 Å². The number of β-amino-alcohol motifs (C(OH)–C–C–N with tert-alkyl or cyclic N) is 1. The minimum atomic E-state index is -4.05. The number of nitrogens with zero attached hydrogens (tertiary/aromatic N) is 4. The maximum Gasteiger partial charge on any atom is 0.323 e. The number of aromatic nitrogens is 1. The first-order valence-corrected chi connectivity index (χ1v) is 9.41. The first-order valence-electron chi connectivity index (χ1n) is 9.41. The van der Waals surface area contributed by atoms with Crippen molar-refractivity contribution in [2.75, 3.05) is 26.4 Å². The summed E-state index contributed by atoms with van der Waals surface area (Å²) in [6.45, 7) is 1.80. The van der Waals surface area contributed by atoms with Gasteiger partial charge in [-0.15, -0.1) is 0 Å². The normalized spacial score (nSPS) is 16.6. The molecule has 3 rings (SSSR count). The summed E-state index contributed by atoms with van der Waals surface area (Å²) in [7, 11) is 0. The lowest BCUT2D eigenvalue weighted by Gasteiger charge is -2.38. The average Bonchev–Trinajstić information content (AvgIpc) is 3.24. The van der Waals surface area contributed by atoms with Crippen LogP contribution in [0.3, 0.4) is 0 Å². The molecule has 0 amide bonds. The predicted octanol–water partition coefficient (Wildman–Crippen LogP) is 3.53. The topological polar surface area (TPSA) is 82.3 Å². The zero-order chi connectivity index (χ0) is 22.5. The van der Waals surface area contributed by atoms with E-state index in [4.69, 9.17) is 4.74 Å². The zero-order valence-electron chi connectivity index (χ0n) is 16.6. The van der Waals surface area contributed by atoms with Gasteiger partial charge in [-0.05, 0) is 24.6 Å². The molecular weight excluding hydrogens is 418 g/mol. The fraction of sp³-hybridized carbons (Fsp3) is 0.350. The van der Waals surface area contributed by atoms with E-state index in [1.165, 1.54) is 12.3 Å². The molecule has 166 valence electrons. The monoisotopic (exact) mass is 439 g/mol. The number of hydrogen-bond donors (Lipinski definition) is 2. The molecule has 0 fully saturated rings. The van der Waals surface area contributed by atoms with Crippen LogP contribution in [0.25, 0.3) is 6.08 Å². The van der Waals surface area contributed by atoms with Crippen molar-refractivity contribution >= 4 is 6.08 Å². The highest BCUT2D eigenvalue weighted by Crippen LogP contribution is 2.46. The van der Waals surface area contributed by atoms with Crippen LogP contribution in [0.15, 0.2) is 52.9 Å². The van der Waals surface area contributed by atoms with Crippen molar-refractivity contribution in [2.45, 2.75) is 18.4 Å². The molecule has 31 heavy (non-hydrogen) atoms. The second-order valence-electron chi connectivity index (χ2n) is 6.78. The zero-order valence-corrected chi connectivity index (χ0v) is 16.6. The molecule has 1 aromatic carbocycles. The van der Waals surface area contributed by atoms with Crippen molar-refractivity contribution in [3.05, 3.63) is 71.1 Å². The van der Waals surface area contributed by atoms with Crippen LogP contribution in [0.4, 0.5) is 17.6 Å². The largest absolute Gasteiger partial charge is 0.378 e. The van der Waals surface area contributed by atoms with Crippen LogP contribution in [0.1, 0.15) is 23.7 Å². The molecule has 0 saturated carbocycles. The summed E-state index contributed by atoms with van der Waals surface area (Å²) in [4.78, 5) is 3.78. The minimum absolute atomic E-state index is 0.141. The van der Waals surface area contributed by atoms with E-state index >= 15 is 8.78 Å². The number of benzene rings is 1. The van der Waals surface area contributed by atoms with Crippen LogP contribution in [-0.2, 0) is 16.3 Å². The quantitative estimate of drug-likeness (QED) is 0.462. The van der Waals surface area contributed by atoms with Gasteiger partial charge in [-0.2, -0.15) is 18.9 Å². The number of nitrogens with one attached hydrogen (secondary N) is 1. The lowest BCUT2D eigenvalue weighted by molar-refractivity contribution is -0.210. The Balaban J connectivity index is 1.95. The van der Waals surface area contributed by atoms with Gasteiger partial charge in [0.05, 0.1) is 13.2 Å². The summed E-state index contributed by atoms with van der Waals surface area (Å²) in [5.74, 6) is -6.33. The van der Waals surface area contributed by atoms with Crippen molar-refractivity contribution in [1.29, 1.82) is 0 Å². The molecule has 2 N–H and O–H groups in total. The Morgan fingerprint density at radius 1 is 1.26 bits per heavy atom. The summed E-state index contributed by atoms with van der Waals surface area (Å²) < 4.78 is 64.2. The lowest BCUT2D eigenvalue weighted by atomic mass is 9.84. The third-order valence-electron chi connectivity index (χ3n) is 4.64. The van der Waals surface area contributed by atoms with Gasteiger partial charge >= 0.3 is 5.92 Å². The molecular formula is C20H21F4N5O2. The summed E-state index contributed by atoms with van der Waals surface area (Å²) in [5, 5.41) is 19.2. The van der Waals surface area contributed by atoms with Crippen LogP contribution in [-0.4, -0.2) is 41.5 Å². The second-order valence-corrected chi connectivity index (χ2v) is 6.78. The lowest BCUT2D eigenvalue weighted by Crippen LogP contribution is -2.53. The molecule has 0 bridgehead atoms. The van der Waals surface area contributed by atoms with E-state index in [1.54, 1.807) is 12.2 Å². The van der Waals surface area contributed by atoms with Gasteiger partial charge in [-0.1, -0.05) is 29.5 Å². The minimum Gasteiger partial charge on any atom is -0.378 e. The molecule has 1 unspecified atom stereocenters. The van der Waals surface area contributed by atoms with Gasteiger partial charge in [-0.25, -0.2) is 14.3 Å².